The molecule has 1 aliphatic rings. The fraction of sp³-hybridized carbons (Fsp3) is 0.545. The molecule has 2 rings (SSSR count). The van der Waals surface area contributed by atoms with E-state index >= 15 is 0 Å². The SMILES string of the molecule is CC1CCCC1NS(=O)(=O)c1cnc(N)c(Cl)c1. The zero-order valence-electron chi connectivity index (χ0n) is 10.1. The van der Waals surface area contributed by atoms with Crippen molar-refractivity contribution >= 4 is 27.4 Å². The molecule has 0 aromatic carbocycles. The number of rotatable bonds is 3. The minimum atomic E-state index is -3.57. The van der Waals surface area contributed by atoms with E-state index in [1.807, 2.05) is 6.92 Å². The number of pyridine rings is 1. The molecule has 1 aromatic heterocycles. The summed E-state index contributed by atoms with van der Waals surface area (Å²) in [5.74, 6) is 0.488. The summed E-state index contributed by atoms with van der Waals surface area (Å²) in [6.07, 6.45) is 4.20. The van der Waals surface area contributed by atoms with Gasteiger partial charge in [0, 0.05) is 12.2 Å². The molecule has 0 saturated heterocycles. The number of hydrogen-bond donors (Lipinski definition) is 2. The highest BCUT2D eigenvalue weighted by molar-refractivity contribution is 7.89. The number of halogens is 1. The number of nitrogen functional groups attached to an aromatic ring is 1. The quantitative estimate of drug-likeness (QED) is 0.888. The van der Waals surface area contributed by atoms with E-state index in [9.17, 15) is 8.42 Å². The van der Waals surface area contributed by atoms with Crippen molar-refractivity contribution in [2.75, 3.05) is 5.73 Å². The molecule has 18 heavy (non-hydrogen) atoms. The van der Waals surface area contributed by atoms with Crippen molar-refractivity contribution in [3.63, 3.8) is 0 Å². The van der Waals surface area contributed by atoms with Crippen molar-refractivity contribution in [2.45, 2.75) is 37.1 Å². The Kier molecular flexibility index (Phi) is 3.79. The number of nitrogens with zero attached hydrogens (tertiary/aromatic N) is 1. The van der Waals surface area contributed by atoms with Crippen molar-refractivity contribution in [2.24, 2.45) is 5.92 Å². The number of hydrogen-bond acceptors (Lipinski definition) is 4. The molecular weight excluding hydrogens is 274 g/mol. The molecule has 0 radical (unpaired) electrons. The number of nitrogens with one attached hydrogen (secondary N) is 1. The number of aromatic nitrogens is 1. The third-order valence-corrected chi connectivity index (χ3v) is 5.08. The Morgan fingerprint density at radius 1 is 1.50 bits per heavy atom. The van der Waals surface area contributed by atoms with Gasteiger partial charge in [0.1, 0.15) is 10.7 Å². The average molecular weight is 290 g/mol. The van der Waals surface area contributed by atoms with Crippen molar-refractivity contribution in [1.82, 2.24) is 9.71 Å². The monoisotopic (exact) mass is 289 g/mol. The minimum Gasteiger partial charge on any atom is -0.382 e. The second kappa shape index (κ2) is 5.03. The van der Waals surface area contributed by atoms with Crippen LogP contribution in [0.4, 0.5) is 5.82 Å². The Morgan fingerprint density at radius 2 is 2.22 bits per heavy atom. The maximum absolute atomic E-state index is 12.1. The van der Waals surface area contributed by atoms with Crippen LogP contribution in [0, 0.1) is 5.92 Å². The van der Waals surface area contributed by atoms with Gasteiger partial charge in [-0.3, -0.25) is 0 Å². The maximum atomic E-state index is 12.1. The van der Waals surface area contributed by atoms with Gasteiger partial charge in [0.15, 0.2) is 0 Å². The molecule has 1 aromatic rings. The summed E-state index contributed by atoms with van der Waals surface area (Å²) in [5.41, 5.74) is 5.46. The van der Waals surface area contributed by atoms with Gasteiger partial charge in [-0.2, -0.15) is 0 Å². The summed E-state index contributed by atoms with van der Waals surface area (Å²) in [6.45, 7) is 2.05. The molecule has 5 nitrogen and oxygen atoms in total. The minimum absolute atomic E-state index is 0.00803. The Labute approximate surface area is 112 Å². The Balaban J connectivity index is 2.22. The highest BCUT2D eigenvalue weighted by Crippen LogP contribution is 2.27. The Bertz CT molecular complexity index is 547. The van der Waals surface area contributed by atoms with Crippen molar-refractivity contribution in [3.05, 3.63) is 17.3 Å². The summed E-state index contributed by atoms with van der Waals surface area (Å²) >= 11 is 5.79. The predicted molar refractivity (Wildman–Crippen MR) is 70.8 cm³/mol. The summed E-state index contributed by atoms with van der Waals surface area (Å²) in [4.78, 5) is 3.82. The van der Waals surface area contributed by atoms with E-state index < -0.39 is 10.0 Å². The van der Waals surface area contributed by atoms with E-state index in [2.05, 4.69) is 9.71 Å². The zero-order valence-corrected chi connectivity index (χ0v) is 11.6. The van der Waals surface area contributed by atoms with E-state index in [0.717, 1.165) is 19.3 Å². The largest absolute Gasteiger partial charge is 0.382 e. The lowest BCUT2D eigenvalue weighted by Gasteiger charge is -2.17. The van der Waals surface area contributed by atoms with Gasteiger partial charge in [0.2, 0.25) is 10.0 Å². The molecule has 0 amide bonds. The molecule has 0 spiro atoms. The molecule has 1 aliphatic carbocycles. The van der Waals surface area contributed by atoms with Crippen molar-refractivity contribution in [1.29, 1.82) is 0 Å². The summed E-state index contributed by atoms with van der Waals surface area (Å²) in [5, 5.41) is 0.150. The Hall–Kier alpha value is -0.850. The number of sulfonamides is 1. The third-order valence-electron chi connectivity index (χ3n) is 3.32. The van der Waals surface area contributed by atoms with Crippen LogP contribution in [0.1, 0.15) is 26.2 Å². The van der Waals surface area contributed by atoms with Gasteiger partial charge < -0.3 is 5.73 Å². The predicted octanol–water partition coefficient (Wildman–Crippen LogP) is 1.78. The van der Waals surface area contributed by atoms with Crippen LogP contribution in [0.15, 0.2) is 17.2 Å². The smallest absolute Gasteiger partial charge is 0.242 e. The molecule has 1 heterocycles. The number of anilines is 1. The van der Waals surface area contributed by atoms with E-state index in [0.29, 0.717) is 5.92 Å². The molecule has 2 unspecified atom stereocenters. The third kappa shape index (κ3) is 2.76. The van der Waals surface area contributed by atoms with Gasteiger partial charge in [0.05, 0.1) is 5.02 Å². The van der Waals surface area contributed by atoms with Crippen LogP contribution in [0.5, 0.6) is 0 Å². The highest BCUT2D eigenvalue weighted by Gasteiger charge is 2.28. The molecule has 1 fully saturated rings. The van der Waals surface area contributed by atoms with Gasteiger partial charge in [0.25, 0.3) is 0 Å². The molecule has 0 aliphatic heterocycles. The lowest BCUT2D eigenvalue weighted by molar-refractivity contribution is 0.476. The summed E-state index contributed by atoms with van der Waals surface area (Å²) < 4.78 is 27.0. The van der Waals surface area contributed by atoms with E-state index in [1.54, 1.807) is 0 Å². The molecule has 1 saturated carbocycles. The molecule has 2 atom stereocenters. The first-order valence-electron chi connectivity index (χ1n) is 5.83. The molecule has 100 valence electrons. The van der Waals surface area contributed by atoms with E-state index in [1.165, 1.54) is 12.3 Å². The van der Waals surface area contributed by atoms with Crippen molar-refractivity contribution in [3.8, 4) is 0 Å². The van der Waals surface area contributed by atoms with Gasteiger partial charge in [-0.1, -0.05) is 24.9 Å². The second-order valence-electron chi connectivity index (χ2n) is 4.67. The fourth-order valence-electron chi connectivity index (χ4n) is 2.17. The molecule has 0 bridgehead atoms. The van der Waals surface area contributed by atoms with E-state index in [-0.39, 0.29) is 21.8 Å². The summed E-state index contributed by atoms with van der Waals surface area (Å²) in [7, 11) is -3.57. The zero-order chi connectivity index (χ0) is 13.3. The molecular formula is C11H16ClN3O2S. The first-order valence-corrected chi connectivity index (χ1v) is 7.69. The summed E-state index contributed by atoms with van der Waals surface area (Å²) in [6, 6.07) is 1.32. The number of nitrogens with two attached hydrogens (primary N) is 1. The van der Waals surface area contributed by atoms with Gasteiger partial charge in [-0.25, -0.2) is 18.1 Å². The Morgan fingerprint density at radius 3 is 2.78 bits per heavy atom. The van der Waals surface area contributed by atoms with Crippen molar-refractivity contribution < 1.29 is 8.42 Å². The van der Waals surface area contributed by atoms with Crippen LogP contribution in [0.3, 0.4) is 0 Å². The van der Waals surface area contributed by atoms with Crippen LogP contribution in [0.25, 0.3) is 0 Å². The van der Waals surface area contributed by atoms with Crippen LogP contribution in [-0.4, -0.2) is 19.4 Å². The fourth-order valence-corrected chi connectivity index (χ4v) is 3.75. The molecule has 3 N–H and O–H groups in total. The van der Waals surface area contributed by atoms with Crippen LogP contribution < -0.4 is 10.5 Å². The lowest BCUT2D eigenvalue weighted by atomic mass is 10.1. The average Bonchev–Trinajstić information content (AvgIpc) is 2.67. The molecule has 7 heteroatoms. The highest BCUT2D eigenvalue weighted by atomic mass is 35.5. The van der Waals surface area contributed by atoms with Gasteiger partial charge in [-0.15, -0.1) is 0 Å². The van der Waals surface area contributed by atoms with E-state index in [4.69, 9.17) is 17.3 Å². The second-order valence-corrected chi connectivity index (χ2v) is 6.80. The van der Waals surface area contributed by atoms with Crippen LogP contribution in [-0.2, 0) is 10.0 Å². The van der Waals surface area contributed by atoms with Crippen LogP contribution >= 0.6 is 11.6 Å². The lowest BCUT2D eigenvalue weighted by Crippen LogP contribution is -2.36. The van der Waals surface area contributed by atoms with Gasteiger partial charge in [-0.05, 0) is 24.8 Å². The van der Waals surface area contributed by atoms with Gasteiger partial charge >= 0.3 is 0 Å². The maximum Gasteiger partial charge on any atom is 0.242 e. The standard InChI is InChI=1S/C11H16ClN3O2S/c1-7-3-2-4-10(7)15-18(16,17)8-5-9(12)11(13)14-6-8/h5-7,10,15H,2-4H2,1H3,(H2,13,14). The van der Waals surface area contributed by atoms with Crippen LogP contribution in [0.2, 0.25) is 5.02 Å². The topological polar surface area (TPSA) is 85.1 Å². The first-order chi connectivity index (χ1) is 8.40. The first kappa shape index (κ1) is 13.6. The normalized spacial score (nSPS) is 24.3.